The third-order valence-corrected chi connectivity index (χ3v) is 5.08. The van der Waals surface area contributed by atoms with E-state index in [0.717, 1.165) is 0 Å². The Morgan fingerprint density at radius 1 is 1.50 bits per heavy atom. The number of hydrogen-bond acceptors (Lipinski definition) is 6. The normalized spacial score (nSPS) is 16.7. The van der Waals surface area contributed by atoms with E-state index >= 15 is 0 Å². The summed E-state index contributed by atoms with van der Waals surface area (Å²) in [5.74, 6) is -0.796. The summed E-state index contributed by atoms with van der Waals surface area (Å²) in [6, 6.07) is 4.02. The highest BCUT2D eigenvalue weighted by Gasteiger charge is 2.38. The summed E-state index contributed by atoms with van der Waals surface area (Å²) in [6.07, 6.45) is 0. The van der Waals surface area contributed by atoms with Crippen LogP contribution in [0.2, 0.25) is 0 Å². The fourth-order valence-corrected chi connectivity index (χ4v) is 3.81. The van der Waals surface area contributed by atoms with Gasteiger partial charge < -0.3 is 15.6 Å². The molecule has 1 saturated heterocycles. The van der Waals surface area contributed by atoms with Crippen molar-refractivity contribution in [3.05, 3.63) is 23.8 Å². The van der Waals surface area contributed by atoms with Gasteiger partial charge in [0.05, 0.1) is 17.6 Å². The predicted octanol–water partition coefficient (Wildman–Crippen LogP) is -0.332. The van der Waals surface area contributed by atoms with E-state index in [9.17, 15) is 13.2 Å². The lowest BCUT2D eigenvalue weighted by Gasteiger charge is -2.37. The molecular weight excluding hydrogens is 284 g/mol. The number of sulfonamides is 1. The van der Waals surface area contributed by atoms with Crippen LogP contribution in [0.25, 0.3) is 0 Å². The zero-order chi connectivity index (χ0) is 14.9. The Morgan fingerprint density at radius 3 is 2.70 bits per heavy atom. The summed E-state index contributed by atoms with van der Waals surface area (Å²) < 4.78 is 30.7. The van der Waals surface area contributed by atoms with Crippen LogP contribution in [0.5, 0.6) is 0 Å². The smallest absolute Gasteiger partial charge is 0.339 e. The van der Waals surface area contributed by atoms with Crippen molar-refractivity contribution in [3.63, 3.8) is 0 Å². The first kappa shape index (κ1) is 14.8. The number of carbonyl (C=O) groups is 1. The molecule has 0 radical (unpaired) electrons. The number of anilines is 1. The van der Waals surface area contributed by atoms with Crippen LogP contribution < -0.4 is 5.73 Å². The van der Waals surface area contributed by atoms with Gasteiger partial charge in [-0.25, -0.2) is 13.2 Å². The summed E-state index contributed by atoms with van der Waals surface area (Å²) in [7, 11) is -2.63. The molecule has 110 valence electrons. The molecule has 0 amide bonds. The van der Waals surface area contributed by atoms with E-state index < -0.39 is 16.0 Å². The molecule has 1 aliphatic heterocycles. The lowest BCUT2D eigenvalue weighted by Crippen LogP contribution is -2.51. The van der Waals surface area contributed by atoms with E-state index in [1.807, 2.05) is 0 Å². The number of methoxy groups -OCH3 is 1. The Bertz CT molecular complexity index is 623. The number of aliphatic hydroxyl groups is 1. The van der Waals surface area contributed by atoms with E-state index in [0.29, 0.717) is 0 Å². The van der Waals surface area contributed by atoms with Gasteiger partial charge in [-0.2, -0.15) is 4.31 Å². The van der Waals surface area contributed by atoms with Gasteiger partial charge in [0, 0.05) is 31.3 Å². The largest absolute Gasteiger partial charge is 0.465 e. The van der Waals surface area contributed by atoms with Gasteiger partial charge in [0.15, 0.2) is 0 Å². The van der Waals surface area contributed by atoms with Crippen molar-refractivity contribution in [2.45, 2.75) is 4.90 Å². The van der Waals surface area contributed by atoms with Crippen molar-refractivity contribution < 1.29 is 23.1 Å². The lowest BCUT2D eigenvalue weighted by atomic mass is 10.1. The molecule has 0 saturated carbocycles. The molecule has 1 fully saturated rings. The number of aliphatic hydroxyl groups excluding tert-OH is 1. The van der Waals surface area contributed by atoms with Gasteiger partial charge in [0.2, 0.25) is 10.0 Å². The lowest BCUT2D eigenvalue weighted by molar-refractivity contribution is 0.0595. The summed E-state index contributed by atoms with van der Waals surface area (Å²) in [4.78, 5) is 11.5. The molecular formula is C12H16N2O5S. The maximum Gasteiger partial charge on any atom is 0.339 e. The second-order valence-corrected chi connectivity index (χ2v) is 6.52. The Kier molecular flexibility index (Phi) is 3.98. The van der Waals surface area contributed by atoms with Crippen LogP contribution in [0.4, 0.5) is 5.69 Å². The number of benzene rings is 1. The second-order valence-electron chi connectivity index (χ2n) is 4.62. The molecule has 0 unspecified atom stereocenters. The number of nitrogens with two attached hydrogens (primary N) is 1. The van der Waals surface area contributed by atoms with Gasteiger partial charge in [0.1, 0.15) is 0 Å². The van der Waals surface area contributed by atoms with E-state index in [1.165, 1.54) is 29.6 Å². The molecule has 0 bridgehead atoms. The van der Waals surface area contributed by atoms with Gasteiger partial charge in [-0.3, -0.25) is 0 Å². The third-order valence-electron chi connectivity index (χ3n) is 3.21. The highest BCUT2D eigenvalue weighted by atomic mass is 32.2. The molecule has 1 aromatic rings. The molecule has 1 aliphatic rings. The summed E-state index contributed by atoms with van der Waals surface area (Å²) >= 11 is 0. The zero-order valence-electron chi connectivity index (χ0n) is 10.9. The number of nitrogens with zero attached hydrogens (tertiary/aromatic N) is 1. The topological polar surface area (TPSA) is 110 Å². The van der Waals surface area contributed by atoms with E-state index in [-0.39, 0.29) is 41.8 Å². The van der Waals surface area contributed by atoms with Crippen LogP contribution in [0.15, 0.2) is 23.1 Å². The molecule has 7 nitrogen and oxygen atoms in total. The van der Waals surface area contributed by atoms with Crippen LogP contribution in [-0.4, -0.2) is 50.6 Å². The number of esters is 1. The number of hydrogen-bond donors (Lipinski definition) is 2. The minimum atomic E-state index is -3.81. The number of carbonyl (C=O) groups excluding carboxylic acids is 1. The zero-order valence-corrected chi connectivity index (χ0v) is 11.8. The maximum absolute atomic E-state index is 12.5. The number of ether oxygens (including phenoxy) is 1. The van der Waals surface area contributed by atoms with Crippen molar-refractivity contribution >= 4 is 21.7 Å². The fraction of sp³-hybridized carbons (Fsp3) is 0.417. The molecule has 1 heterocycles. The average molecular weight is 300 g/mol. The first-order valence-corrected chi connectivity index (χ1v) is 7.43. The van der Waals surface area contributed by atoms with Crippen LogP contribution in [-0.2, 0) is 14.8 Å². The van der Waals surface area contributed by atoms with Gasteiger partial charge in [0.25, 0.3) is 0 Å². The molecule has 1 aromatic carbocycles. The van der Waals surface area contributed by atoms with Crippen LogP contribution >= 0.6 is 0 Å². The van der Waals surface area contributed by atoms with Gasteiger partial charge in [-0.05, 0) is 18.2 Å². The van der Waals surface area contributed by atoms with E-state index in [2.05, 4.69) is 4.74 Å². The number of rotatable bonds is 4. The summed E-state index contributed by atoms with van der Waals surface area (Å²) in [6.45, 7) is 0.398. The monoisotopic (exact) mass is 300 g/mol. The quantitative estimate of drug-likeness (QED) is 0.582. The predicted molar refractivity (Wildman–Crippen MR) is 71.5 cm³/mol. The molecule has 0 spiro atoms. The van der Waals surface area contributed by atoms with Crippen molar-refractivity contribution in [3.8, 4) is 0 Å². The molecule has 0 aliphatic carbocycles. The van der Waals surface area contributed by atoms with Crippen molar-refractivity contribution in [2.75, 3.05) is 32.5 Å². The highest BCUT2D eigenvalue weighted by Crippen LogP contribution is 2.28. The SMILES string of the molecule is COC(=O)c1ccc(N)cc1S(=O)(=O)N1CC(CO)C1. The first-order chi connectivity index (χ1) is 9.40. The molecule has 3 N–H and O–H groups in total. The first-order valence-electron chi connectivity index (χ1n) is 5.99. The Morgan fingerprint density at radius 2 is 2.15 bits per heavy atom. The van der Waals surface area contributed by atoms with Crippen molar-refractivity contribution in [1.29, 1.82) is 0 Å². The molecule has 20 heavy (non-hydrogen) atoms. The third kappa shape index (κ3) is 2.49. The van der Waals surface area contributed by atoms with Gasteiger partial charge in [-0.1, -0.05) is 0 Å². The Hall–Kier alpha value is -1.64. The maximum atomic E-state index is 12.5. The standard InChI is InChI=1S/C12H16N2O5S/c1-19-12(16)10-3-2-9(13)4-11(10)20(17,18)14-5-8(6-14)7-15/h2-4,8,15H,5-7,13H2,1H3. The summed E-state index contributed by atoms with van der Waals surface area (Å²) in [5, 5.41) is 8.95. The van der Waals surface area contributed by atoms with Crippen LogP contribution in [0.3, 0.4) is 0 Å². The molecule has 2 rings (SSSR count). The fourth-order valence-electron chi connectivity index (χ4n) is 2.00. The molecule has 0 atom stereocenters. The van der Waals surface area contributed by atoms with Gasteiger partial charge >= 0.3 is 5.97 Å². The number of nitrogen functional groups attached to an aromatic ring is 1. The molecule has 8 heteroatoms. The Labute approximate surface area is 117 Å². The highest BCUT2D eigenvalue weighted by molar-refractivity contribution is 7.89. The second kappa shape index (κ2) is 5.39. The van der Waals surface area contributed by atoms with E-state index in [1.54, 1.807) is 0 Å². The Balaban J connectivity index is 2.41. The minimum absolute atomic E-state index is 0.0471. The summed E-state index contributed by atoms with van der Waals surface area (Å²) in [5.41, 5.74) is 5.80. The van der Waals surface area contributed by atoms with E-state index in [4.69, 9.17) is 10.8 Å². The van der Waals surface area contributed by atoms with Crippen LogP contribution in [0, 0.1) is 5.92 Å². The van der Waals surface area contributed by atoms with Crippen molar-refractivity contribution in [1.82, 2.24) is 4.31 Å². The van der Waals surface area contributed by atoms with Crippen molar-refractivity contribution in [2.24, 2.45) is 5.92 Å². The van der Waals surface area contributed by atoms with Gasteiger partial charge in [-0.15, -0.1) is 0 Å². The molecule has 0 aromatic heterocycles. The average Bonchev–Trinajstić information content (AvgIpc) is 2.36. The van der Waals surface area contributed by atoms with Crippen LogP contribution in [0.1, 0.15) is 10.4 Å². The minimum Gasteiger partial charge on any atom is -0.465 e.